The van der Waals surface area contributed by atoms with E-state index in [0.29, 0.717) is 22.8 Å². The Morgan fingerprint density at radius 2 is 1.90 bits per heavy atom. The molecule has 30 heavy (non-hydrogen) atoms. The number of hydrogen-bond acceptors (Lipinski definition) is 5. The van der Waals surface area contributed by atoms with Crippen LogP contribution in [0.3, 0.4) is 0 Å². The third-order valence-electron chi connectivity index (χ3n) is 4.95. The minimum Gasteiger partial charge on any atom is -0.452 e. The number of esters is 1. The molecular formula is C23H27N3O4. The topological polar surface area (TPSA) is 86.4 Å². The van der Waals surface area contributed by atoms with Gasteiger partial charge >= 0.3 is 5.97 Å². The van der Waals surface area contributed by atoms with Crippen LogP contribution in [-0.4, -0.2) is 34.2 Å². The predicted octanol–water partition coefficient (Wildman–Crippen LogP) is 3.68. The molecule has 3 aromatic rings. The van der Waals surface area contributed by atoms with Gasteiger partial charge in [0.15, 0.2) is 12.4 Å². The third-order valence-corrected chi connectivity index (χ3v) is 4.95. The Balaban J connectivity index is 1.52. The molecule has 0 bridgehead atoms. The maximum absolute atomic E-state index is 12.5. The van der Waals surface area contributed by atoms with E-state index in [1.54, 1.807) is 26.0 Å². The van der Waals surface area contributed by atoms with Crippen molar-refractivity contribution in [1.82, 2.24) is 15.0 Å². The first kappa shape index (κ1) is 21.4. The second-order valence-corrected chi connectivity index (χ2v) is 7.48. The summed E-state index contributed by atoms with van der Waals surface area (Å²) in [6.07, 6.45) is 1.68. The summed E-state index contributed by atoms with van der Waals surface area (Å²) >= 11 is 0. The number of hydrogen-bond donors (Lipinski definition) is 1. The molecule has 7 nitrogen and oxygen atoms in total. The highest BCUT2D eigenvalue weighted by atomic mass is 16.5. The van der Waals surface area contributed by atoms with Crippen molar-refractivity contribution in [2.45, 2.75) is 46.6 Å². The van der Waals surface area contributed by atoms with Crippen LogP contribution in [0.4, 0.5) is 0 Å². The number of nitrogens with zero attached hydrogens (tertiary/aromatic N) is 2. The highest BCUT2D eigenvalue weighted by Gasteiger charge is 2.20. The van der Waals surface area contributed by atoms with E-state index >= 15 is 0 Å². The highest BCUT2D eigenvalue weighted by molar-refractivity contribution is 5.93. The smallest absolute Gasteiger partial charge is 0.340 e. The normalized spacial score (nSPS) is 11.9. The molecule has 1 N–H and O–H groups in total. The van der Waals surface area contributed by atoms with Crippen molar-refractivity contribution in [3.63, 3.8) is 0 Å². The average molecular weight is 409 g/mol. The maximum atomic E-state index is 12.5. The molecule has 0 aliphatic heterocycles. The number of aromatic nitrogens is 2. The van der Waals surface area contributed by atoms with Crippen molar-refractivity contribution in [2.24, 2.45) is 0 Å². The number of benzene rings is 1. The first-order valence-electron chi connectivity index (χ1n) is 9.98. The van der Waals surface area contributed by atoms with Gasteiger partial charge in [0.05, 0.1) is 5.56 Å². The van der Waals surface area contributed by atoms with E-state index in [9.17, 15) is 9.59 Å². The maximum Gasteiger partial charge on any atom is 0.340 e. The number of carbonyl (C=O) groups is 2. The SMILES string of the molecule is Cc1cc(-n2c(C)cc(C(=O)OCC(=O)N[C@H](C)CCc3ccccc3)c2C)no1. The predicted molar refractivity (Wildman–Crippen MR) is 113 cm³/mol. The van der Waals surface area contributed by atoms with Crippen LogP contribution in [0.5, 0.6) is 0 Å². The second-order valence-electron chi connectivity index (χ2n) is 7.48. The van der Waals surface area contributed by atoms with Gasteiger partial charge in [-0.2, -0.15) is 0 Å². The number of carbonyl (C=O) groups excluding carboxylic acids is 2. The molecule has 0 saturated carbocycles. The van der Waals surface area contributed by atoms with Crippen molar-refractivity contribution in [3.05, 3.63) is 70.7 Å². The van der Waals surface area contributed by atoms with Crippen LogP contribution in [0.15, 0.2) is 47.0 Å². The van der Waals surface area contributed by atoms with E-state index in [0.717, 1.165) is 18.5 Å². The molecule has 0 fully saturated rings. The number of amides is 1. The van der Waals surface area contributed by atoms with Crippen LogP contribution in [0.25, 0.3) is 5.82 Å². The number of nitrogens with one attached hydrogen (secondary N) is 1. The molecule has 7 heteroatoms. The Morgan fingerprint density at radius 1 is 1.17 bits per heavy atom. The van der Waals surface area contributed by atoms with E-state index in [4.69, 9.17) is 9.26 Å². The van der Waals surface area contributed by atoms with Gasteiger partial charge in [-0.3, -0.25) is 9.36 Å². The van der Waals surface area contributed by atoms with E-state index < -0.39 is 5.97 Å². The van der Waals surface area contributed by atoms with Gasteiger partial charge in [-0.15, -0.1) is 0 Å². The molecule has 1 amide bonds. The molecule has 2 aromatic heterocycles. The van der Waals surface area contributed by atoms with E-state index in [1.807, 2.05) is 36.6 Å². The first-order valence-corrected chi connectivity index (χ1v) is 9.98. The Kier molecular flexibility index (Phi) is 6.72. The minimum absolute atomic E-state index is 0.0168. The van der Waals surface area contributed by atoms with Gasteiger partial charge in [-0.05, 0) is 52.2 Å². The van der Waals surface area contributed by atoms with Crippen LogP contribution < -0.4 is 5.32 Å². The summed E-state index contributed by atoms with van der Waals surface area (Å²) in [7, 11) is 0. The molecule has 3 rings (SSSR count). The second kappa shape index (κ2) is 9.43. The van der Waals surface area contributed by atoms with Gasteiger partial charge in [0.1, 0.15) is 5.76 Å². The van der Waals surface area contributed by atoms with Crippen LogP contribution >= 0.6 is 0 Å². The molecule has 0 spiro atoms. The summed E-state index contributed by atoms with van der Waals surface area (Å²) in [5.41, 5.74) is 3.13. The fraction of sp³-hybridized carbons (Fsp3) is 0.348. The minimum atomic E-state index is -0.540. The van der Waals surface area contributed by atoms with Gasteiger partial charge in [0.25, 0.3) is 5.91 Å². The van der Waals surface area contributed by atoms with E-state index in [1.165, 1.54) is 5.56 Å². The van der Waals surface area contributed by atoms with Gasteiger partial charge in [-0.25, -0.2) is 4.79 Å². The standard InChI is InChI=1S/C23H27N3O4/c1-15(10-11-19-8-6-5-7-9-19)24-22(27)14-29-23(28)20-12-16(2)26(18(20)4)21-13-17(3)30-25-21/h5-9,12-13,15H,10-11,14H2,1-4H3,(H,24,27)/t15-/m1/s1. The Labute approximate surface area is 176 Å². The Hall–Kier alpha value is -3.35. The monoisotopic (exact) mass is 409 g/mol. The van der Waals surface area contributed by atoms with E-state index in [-0.39, 0.29) is 18.6 Å². The lowest BCUT2D eigenvalue weighted by atomic mass is 10.1. The zero-order valence-electron chi connectivity index (χ0n) is 17.8. The van der Waals surface area contributed by atoms with Crippen molar-refractivity contribution < 1.29 is 18.8 Å². The molecule has 1 aromatic carbocycles. The first-order chi connectivity index (χ1) is 14.3. The number of aryl methyl sites for hydroxylation is 3. The lowest BCUT2D eigenvalue weighted by molar-refractivity contribution is -0.124. The lowest BCUT2D eigenvalue weighted by Crippen LogP contribution is -2.36. The quantitative estimate of drug-likeness (QED) is 0.574. The van der Waals surface area contributed by atoms with Crippen molar-refractivity contribution in [1.29, 1.82) is 0 Å². The highest BCUT2D eigenvalue weighted by Crippen LogP contribution is 2.21. The fourth-order valence-corrected chi connectivity index (χ4v) is 3.41. The molecule has 0 aliphatic rings. The van der Waals surface area contributed by atoms with Crippen LogP contribution in [0.2, 0.25) is 0 Å². The zero-order valence-corrected chi connectivity index (χ0v) is 17.8. The van der Waals surface area contributed by atoms with Crippen molar-refractivity contribution in [3.8, 4) is 5.82 Å². The van der Waals surface area contributed by atoms with Crippen LogP contribution in [0, 0.1) is 20.8 Å². The molecule has 1 atom stereocenters. The van der Waals surface area contributed by atoms with Gasteiger partial charge < -0.3 is 14.6 Å². The summed E-state index contributed by atoms with van der Waals surface area (Å²) in [6, 6.07) is 13.6. The van der Waals surface area contributed by atoms with Gasteiger partial charge in [0.2, 0.25) is 0 Å². The van der Waals surface area contributed by atoms with Crippen LogP contribution in [-0.2, 0) is 16.0 Å². The zero-order chi connectivity index (χ0) is 21.7. The van der Waals surface area contributed by atoms with E-state index in [2.05, 4.69) is 22.6 Å². The Bertz CT molecular complexity index is 1020. The van der Waals surface area contributed by atoms with Crippen molar-refractivity contribution >= 4 is 11.9 Å². The molecule has 0 saturated heterocycles. The van der Waals surface area contributed by atoms with Crippen molar-refractivity contribution in [2.75, 3.05) is 6.61 Å². The summed E-state index contributed by atoms with van der Waals surface area (Å²) in [5, 5.41) is 6.87. The van der Waals surface area contributed by atoms with Crippen LogP contribution in [0.1, 0.15) is 46.4 Å². The molecule has 0 unspecified atom stereocenters. The molecule has 0 radical (unpaired) electrons. The molecule has 158 valence electrons. The fourth-order valence-electron chi connectivity index (χ4n) is 3.41. The number of rotatable bonds is 8. The largest absolute Gasteiger partial charge is 0.452 e. The third kappa shape index (κ3) is 5.17. The van der Waals surface area contributed by atoms with Gasteiger partial charge in [0, 0.05) is 23.5 Å². The molecular weight excluding hydrogens is 382 g/mol. The summed E-state index contributed by atoms with van der Waals surface area (Å²) in [4.78, 5) is 24.7. The molecule has 0 aliphatic carbocycles. The molecule has 2 heterocycles. The van der Waals surface area contributed by atoms with Gasteiger partial charge in [-0.1, -0.05) is 35.5 Å². The Morgan fingerprint density at radius 3 is 2.57 bits per heavy atom. The summed E-state index contributed by atoms with van der Waals surface area (Å²) in [5.74, 6) is 0.428. The number of ether oxygens (including phenoxy) is 1. The lowest BCUT2D eigenvalue weighted by Gasteiger charge is -2.14. The summed E-state index contributed by atoms with van der Waals surface area (Å²) < 4.78 is 12.2. The summed E-state index contributed by atoms with van der Waals surface area (Å²) in [6.45, 7) is 7.10. The average Bonchev–Trinajstić information content (AvgIpc) is 3.27.